The van der Waals surface area contributed by atoms with Crippen molar-refractivity contribution < 1.29 is 9.53 Å². The number of fused-ring (bicyclic) bond motifs is 1. The van der Waals surface area contributed by atoms with E-state index < -0.39 is 0 Å². The maximum atomic E-state index is 11.2. The fourth-order valence-electron chi connectivity index (χ4n) is 1.50. The van der Waals surface area contributed by atoms with Gasteiger partial charge in [0.05, 0.1) is 24.7 Å². The Morgan fingerprint density at radius 3 is 3.38 bits per heavy atom. The number of hydrogen-bond acceptors (Lipinski definition) is 4. The third kappa shape index (κ3) is 1.37. The van der Waals surface area contributed by atoms with Crippen molar-refractivity contribution >= 4 is 11.7 Å². The number of nitrogens with zero attached hydrogens (tertiary/aromatic N) is 1. The largest absolute Gasteiger partial charge is 0.467 e. The monoisotopic (exact) mass is 181 g/mol. The summed E-state index contributed by atoms with van der Waals surface area (Å²) in [6.45, 7) is 0. The van der Waals surface area contributed by atoms with Crippen molar-refractivity contribution in [3.63, 3.8) is 0 Å². The predicted octanol–water partition coefficient (Wildman–Crippen LogP) is 0.309. The zero-order valence-corrected chi connectivity index (χ0v) is 7.33. The molecule has 1 aliphatic rings. The highest BCUT2D eigenvalue weighted by Crippen LogP contribution is 2.22. The Hall–Kier alpha value is -1.52. The highest BCUT2D eigenvalue weighted by Gasteiger charge is 2.25. The number of anilines is 1. The molecule has 0 bridgehead atoms. The molecule has 0 aliphatic carbocycles. The lowest BCUT2D eigenvalue weighted by molar-refractivity contribution is -0.141. The van der Waals surface area contributed by atoms with E-state index in [0.29, 0.717) is 0 Å². The van der Waals surface area contributed by atoms with E-state index in [1.807, 2.05) is 0 Å². The van der Waals surface area contributed by atoms with Crippen LogP contribution in [0.5, 0.6) is 0 Å². The minimum Gasteiger partial charge on any atom is -0.467 e. The third-order valence-corrected chi connectivity index (χ3v) is 2.22. The van der Waals surface area contributed by atoms with Gasteiger partial charge in [0.25, 0.3) is 0 Å². The number of methoxy groups -OCH3 is 1. The molecule has 70 valence electrons. The van der Waals surface area contributed by atoms with Crippen LogP contribution >= 0.6 is 0 Å². The minimum absolute atomic E-state index is 0.216. The van der Waals surface area contributed by atoms with E-state index in [2.05, 4.69) is 20.3 Å². The van der Waals surface area contributed by atoms with E-state index in [1.54, 1.807) is 6.20 Å². The van der Waals surface area contributed by atoms with Gasteiger partial charge in [-0.1, -0.05) is 0 Å². The number of aromatic amines is 1. The molecule has 1 atom stereocenters. The molecule has 1 unspecified atom stereocenters. The summed E-state index contributed by atoms with van der Waals surface area (Å²) < 4.78 is 4.65. The van der Waals surface area contributed by atoms with Gasteiger partial charge in [-0.15, -0.1) is 0 Å². The molecule has 0 amide bonds. The van der Waals surface area contributed by atoms with Gasteiger partial charge in [-0.25, -0.2) is 4.79 Å². The molecule has 2 rings (SSSR count). The summed E-state index contributed by atoms with van der Waals surface area (Å²) in [6, 6.07) is -0.227. The number of carbonyl (C=O) groups excluding carboxylic acids is 1. The average molecular weight is 181 g/mol. The van der Waals surface area contributed by atoms with Crippen LogP contribution in [0.3, 0.4) is 0 Å². The van der Waals surface area contributed by atoms with E-state index in [-0.39, 0.29) is 12.0 Å². The first-order valence-corrected chi connectivity index (χ1v) is 4.18. The van der Waals surface area contributed by atoms with Gasteiger partial charge in [-0.3, -0.25) is 5.10 Å². The van der Waals surface area contributed by atoms with E-state index in [1.165, 1.54) is 7.11 Å². The normalized spacial score (nSPS) is 20.2. The maximum Gasteiger partial charge on any atom is 0.328 e. The van der Waals surface area contributed by atoms with Crippen LogP contribution in [-0.2, 0) is 16.0 Å². The number of H-pyrrole nitrogens is 1. The Morgan fingerprint density at radius 1 is 1.77 bits per heavy atom. The molecule has 1 aliphatic heterocycles. The highest BCUT2D eigenvalue weighted by atomic mass is 16.5. The molecule has 2 N–H and O–H groups in total. The second kappa shape index (κ2) is 3.08. The zero-order valence-electron chi connectivity index (χ0n) is 7.33. The van der Waals surface area contributed by atoms with E-state index in [0.717, 1.165) is 24.2 Å². The Bertz CT molecular complexity index is 321. The fourth-order valence-corrected chi connectivity index (χ4v) is 1.50. The van der Waals surface area contributed by atoms with Crippen LogP contribution in [0.2, 0.25) is 0 Å². The standard InChI is InChI=1S/C8H11N3O2/c1-13-8(12)6-3-2-5-7(10-6)4-9-11-5/h4,6,10H,2-3H2,1H3,(H,9,11). The summed E-state index contributed by atoms with van der Waals surface area (Å²) >= 11 is 0. The van der Waals surface area contributed by atoms with Gasteiger partial charge in [0, 0.05) is 0 Å². The molecule has 0 spiro atoms. The van der Waals surface area contributed by atoms with Crippen molar-refractivity contribution in [2.75, 3.05) is 12.4 Å². The summed E-state index contributed by atoms with van der Waals surface area (Å²) in [7, 11) is 1.40. The van der Waals surface area contributed by atoms with Gasteiger partial charge in [-0.05, 0) is 12.8 Å². The lowest BCUT2D eigenvalue weighted by Gasteiger charge is -2.21. The maximum absolute atomic E-state index is 11.2. The lowest BCUT2D eigenvalue weighted by Crippen LogP contribution is -2.33. The van der Waals surface area contributed by atoms with E-state index in [9.17, 15) is 4.79 Å². The first kappa shape index (κ1) is 8.10. The van der Waals surface area contributed by atoms with Gasteiger partial charge in [-0.2, -0.15) is 5.10 Å². The summed E-state index contributed by atoms with van der Waals surface area (Å²) in [5, 5.41) is 9.81. The Balaban J connectivity index is 2.13. The van der Waals surface area contributed by atoms with E-state index >= 15 is 0 Å². The van der Waals surface area contributed by atoms with Crippen molar-refractivity contribution in [1.82, 2.24) is 10.2 Å². The molecule has 0 saturated carbocycles. The Morgan fingerprint density at radius 2 is 2.62 bits per heavy atom. The zero-order chi connectivity index (χ0) is 9.26. The molecule has 0 aromatic carbocycles. The fraction of sp³-hybridized carbons (Fsp3) is 0.500. The molecule has 5 heteroatoms. The quantitative estimate of drug-likeness (QED) is 0.612. The Labute approximate surface area is 75.5 Å². The van der Waals surface area contributed by atoms with Gasteiger partial charge in [0.15, 0.2) is 0 Å². The summed E-state index contributed by atoms with van der Waals surface area (Å²) in [5.41, 5.74) is 1.96. The van der Waals surface area contributed by atoms with Crippen molar-refractivity contribution in [1.29, 1.82) is 0 Å². The molecule has 1 aromatic heterocycles. The molecule has 0 saturated heterocycles. The third-order valence-electron chi connectivity index (χ3n) is 2.22. The Kier molecular flexibility index (Phi) is 1.92. The van der Waals surface area contributed by atoms with Crippen molar-refractivity contribution in [2.24, 2.45) is 0 Å². The molecular weight excluding hydrogens is 170 g/mol. The van der Waals surface area contributed by atoms with Gasteiger partial charge < -0.3 is 10.1 Å². The molecule has 2 heterocycles. The molecule has 5 nitrogen and oxygen atoms in total. The van der Waals surface area contributed by atoms with Crippen LogP contribution in [0.15, 0.2) is 6.20 Å². The van der Waals surface area contributed by atoms with Crippen LogP contribution in [0.1, 0.15) is 12.1 Å². The van der Waals surface area contributed by atoms with Gasteiger partial charge in [0.1, 0.15) is 6.04 Å². The number of hydrogen-bond donors (Lipinski definition) is 2. The second-order valence-electron chi connectivity index (χ2n) is 3.02. The van der Waals surface area contributed by atoms with Gasteiger partial charge >= 0.3 is 5.97 Å². The number of esters is 1. The summed E-state index contributed by atoms with van der Waals surface area (Å²) in [4.78, 5) is 11.2. The number of rotatable bonds is 1. The molecule has 0 radical (unpaired) electrons. The van der Waals surface area contributed by atoms with Crippen molar-refractivity contribution in [2.45, 2.75) is 18.9 Å². The first-order valence-electron chi connectivity index (χ1n) is 4.18. The smallest absolute Gasteiger partial charge is 0.328 e. The van der Waals surface area contributed by atoms with Crippen molar-refractivity contribution in [3.8, 4) is 0 Å². The highest BCUT2D eigenvalue weighted by molar-refractivity contribution is 5.80. The molecular formula is C8H11N3O2. The summed E-state index contributed by atoms with van der Waals surface area (Å²) in [6.07, 6.45) is 3.27. The summed E-state index contributed by atoms with van der Waals surface area (Å²) in [5.74, 6) is -0.216. The first-order chi connectivity index (χ1) is 6.31. The van der Waals surface area contributed by atoms with Crippen LogP contribution < -0.4 is 5.32 Å². The number of nitrogens with one attached hydrogen (secondary N) is 2. The van der Waals surface area contributed by atoms with Gasteiger partial charge in [0.2, 0.25) is 0 Å². The number of aromatic nitrogens is 2. The number of ether oxygens (including phenoxy) is 1. The van der Waals surface area contributed by atoms with E-state index in [4.69, 9.17) is 0 Å². The van der Waals surface area contributed by atoms with Crippen molar-refractivity contribution in [3.05, 3.63) is 11.9 Å². The molecule has 13 heavy (non-hydrogen) atoms. The number of aryl methyl sites for hydroxylation is 1. The average Bonchev–Trinajstić information content (AvgIpc) is 2.63. The topological polar surface area (TPSA) is 67.0 Å². The van der Waals surface area contributed by atoms with Crippen LogP contribution in [0.4, 0.5) is 5.69 Å². The minimum atomic E-state index is -0.227. The predicted molar refractivity (Wildman–Crippen MR) is 46.3 cm³/mol. The molecule has 1 aromatic rings. The number of carbonyl (C=O) groups is 1. The molecule has 0 fully saturated rings. The lowest BCUT2D eigenvalue weighted by atomic mass is 10.0. The SMILES string of the molecule is COC(=O)C1CCc2[nH]ncc2N1. The second-order valence-corrected chi connectivity index (χ2v) is 3.02. The van der Waals surface area contributed by atoms with Crippen LogP contribution in [0, 0.1) is 0 Å². The van der Waals surface area contributed by atoms with Crippen LogP contribution in [0.25, 0.3) is 0 Å². The van der Waals surface area contributed by atoms with Crippen LogP contribution in [-0.4, -0.2) is 29.3 Å².